The number of hydrogen-bond donors (Lipinski definition) is 1. The first-order valence-electron chi connectivity index (χ1n) is 9.91. The number of aromatic nitrogens is 1. The summed E-state index contributed by atoms with van der Waals surface area (Å²) < 4.78 is 32.2. The lowest BCUT2D eigenvalue weighted by atomic mass is 10.1. The lowest BCUT2D eigenvalue weighted by molar-refractivity contribution is 0.182. The first-order valence-corrected chi connectivity index (χ1v) is 11.6. The summed E-state index contributed by atoms with van der Waals surface area (Å²) in [4.78, 5) is 6.53. The molecule has 1 atom stereocenters. The summed E-state index contributed by atoms with van der Waals surface area (Å²) in [5.41, 5.74) is 1.91. The average molecular weight is 444 g/mol. The van der Waals surface area contributed by atoms with E-state index in [1.54, 1.807) is 13.1 Å². The van der Waals surface area contributed by atoms with Gasteiger partial charge in [-0.15, -0.1) is 0 Å². The molecule has 0 amide bonds. The molecule has 0 saturated heterocycles. The van der Waals surface area contributed by atoms with Crippen LogP contribution in [0.2, 0.25) is 5.02 Å². The van der Waals surface area contributed by atoms with Crippen LogP contribution in [0.1, 0.15) is 33.6 Å². The van der Waals surface area contributed by atoms with Crippen molar-refractivity contribution >= 4 is 38.6 Å². The molecule has 2 rings (SSSR count). The molecule has 1 unspecified atom stereocenters. The molecule has 0 radical (unpaired) electrons. The third-order valence-corrected chi connectivity index (χ3v) is 5.78. The second-order valence-corrected chi connectivity index (χ2v) is 8.50. The number of rotatable bonds is 13. The highest BCUT2D eigenvalue weighted by Gasteiger charge is 2.12. The number of benzene rings is 1. The Morgan fingerprint density at radius 3 is 2.72 bits per heavy atom. The molecule has 162 valence electrons. The van der Waals surface area contributed by atoms with E-state index in [1.807, 2.05) is 31.2 Å². The predicted octanol–water partition coefficient (Wildman–Crippen LogP) is 4.09. The van der Waals surface area contributed by atoms with Crippen LogP contribution in [0.3, 0.4) is 0 Å². The molecule has 0 aliphatic heterocycles. The van der Waals surface area contributed by atoms with Crippen LogP contribution in [0.15, 0.2) is 30.5 Å². The van der Waals surface area contributed by atoms with E-state index < -0.39 is 10.4 Å². The zero-order chi connectivity index (χ0) is 21.3. The van der Waals surface area contributed by atoms with E-state index in [0.717, 1.165) is 42.5 Å². The Labute approximate surface area is 178 Å². The highest BCUT2D eigenvalue weighted by atomic mass is 35.5. The molecule has 0 bridgehead atoms. The van der Waals surface area contributed by atoms with Crippen LogP contribution in [-0.2, 0) is 18.8 Å². The summed E-state index contributed by atoms with van der Waals surface area (Å²) in [5.74, 6) is 0. The minimum Gasteiger partial charge on any atom is -0.382 e. The molecule has 1 aromatic carbocycles. The van der Waals surface area contributed by atoms with Crippen LogP contribution in [0.25, 0.3) is 10.9 Å². The number of nitrogens with one attached hydrogen (secondary N) is 1. The number of nitrogens with zero attached hydrogens (tertiary/aromatic N) is 2. The van der Waals surface area contributed by atoms with E-state index in [0.29, 0.717) is 11.6 Å². The fraction of sp³-hybridized carbons (Fsp3) is 0.550. The highest BCUT2D eigenvalue weighted by Crippen LogP contribution is 2.25. The van der Waals surface area contributed by atoms with Crippen LogP contribution in [-0.4, -0.2) is 57.2 Å². The second-order valence-electron chi connectivity index (χ2n) is 6.78. The van der Waals surface area contributed by atoms with E-state index in [-0.39, 0.29) is 19.3 Å². The van der Waals surface area contributed by atoms with Gasteiger partial charge in [0.25, 0.3) is 0 Å². The van der Waals surface area contributed by atoms with Gasteiger partial charge in [0.15, 0.2) is 0 Å². The van der Waals surface area contributed by atoms with Crippen molar-refractivity contribution in [1.29, 1.82) is 0 Å². The van der Waals surface area contributed by atoms with Gasteiger partial charge in [-0.3, -0.25) is 4.98 Å². The summed E-state index contributed by atoms with van der Waals surface area (Å²) in [6.07, 6.45) is 3.74. The van der Waals surface area contributed by atoms with Gasteiger partial charge in [0.2, 0.25) is 0 Å². The van der Waals surface area contributed by atoms with E-state index in [4.69, 9.17) is 15.8 Å². The van der Waals surface area contributed by atoms with Crippen LogP contribution in [0.5, 0.6) is 0 Å². The maximum absolute atomic E-state index is 11.4. The molecule has 1 aromatic heterocycles. The fourth-order valence-electron chi connectivity index (χ4n) is 3.08. The van der Waals surface area contributed by atoms with Crippen molar-refractivity contribution in [2.75, 3.05) is 38.2 Å². The van der Waals surface area contributed by atoms with Crippen LogP contribution in [0.4, 0.5) is 5.69 Å². The van der Waals surface area contributed by atoms with Gasteiger partial charge in [0, 0.05) is 34.9 Å². The smallest absolute Gasteiger partial charge is 0.382 e. The second kappa shape index (κ2) is 11.7. The Kier molecular flexibility index (Phi) is 9.58. The fourth-order valence-corrected chi connectivity index (χ4v) is 3.88. The molecule has 0 spiro atoms. The van der Waals surface area contributed by atoms with E-state index in [9.17, 15) is 8.42 Å². The standard InChI is InChI=1S/C20H30ClN3O4S/c1-4-24(13-14-28-29(25,26)27-5-2)12-6-7-16(3)23-19-10-11-22-20-15-17(21)8-9-18(19)20/h8-11,15-16H,4-7,12-14H2,1-3H3,(H,22,23). The minimum atomic E-state index is -3.87. The predicted molar refractivity (Wildman–Crippen MR) is 118 cm³/mol. The lowest BCUT2D eigenvalue weighted by Gasteiger charge is -2.22. The van der Waals surface area contributed by atoms with Crippen molar-refractivity contribution in [3.63, 3.8) is 0 Å². The molecule has 0 aliphatic carbocycles. The van der Waals surface area contributed by atoms with Crippen molar-refractivity contribution in [2.45, 2.75) is 39.7 Å². The molecule has 0 fully saturated rings. The van der Waals surface area contributed by atoms with Crippen molar-refractivity contribution in [3.8, 4) is 0 Å². The molecule has 0 aliphatic rings. The summed E-state index contributed by atoms with van der Waals surface area (Å²) in [6, 6.07) is 7.97. The van der Waals surface area contributed by atoms with Gasteiger partial charge in [-0.2, -0.15) is 8.42 Å². The topological polar surface area (TPSA) is 80.8 Å². The first kappa shape index (κ1) is 23.8. The Morgan fingerprint density at radius 2 is 2.00 bits per heavy atom. The van der Waals surface area contributed by atoms with Gasteiger partial charge in [-0.1, -0.05) is 18.5 Å². The number of hydrogen-bond acceptors (Lipinski definition) is 7. The number of likely N-dealkylation sites (N-methyl/N-ethyl adjacent to an activating group) is 1. The first-order chi connectivity index (χ1) is 13.8. The van der Waals surface area contributed by atoms with Crippen molar-refractivity contribution in [2.24, 2.45) is 0 Å². The SMILES string of the molecule is CCOS(=O)(=O)OCCN(CC)CCCC(C)Nc1ccnc2cc(Cl)ccc12. The molecule has 7 nitrogen and oxygen atoms in total. The number of pyridine rings is 1. The van der Waals surface area contributed by atoms with E-state index in [2.05, 4.69) is 26.3 Å². The zero-order valence-corrected chi connectivity index (χ0v) is 18.8. The Hall–Kier alpha value is -1.45. The molecule has 9 heteroatoms. The van der Waals surface area contributed by atoms with Gasteiger partial charge < -0.3 is 10.2 Å². The molecular formula is C20H30ClN3O4S. The summed E-state index contributed by atoms with van der Waals surface area (Å²) >= 11 is 6.05. The van der Waals surface area contributed by atoms with E-state index >= 15 is 0 Å². The van der Waals surface area contributed by atoms with Crippen LogP contribution >= 0.6 is 11.6 Å². The molecule has 2 aromatic rings. The number of halogens is 1. The third kappa shape index (κ3) is 8.06. The molecule has 1 heterocycles. The number of fused-ring (bicyclic) bond motifs is 1. The van der Waals surface area contributed by atoms with Crippen molar-refractivity contribution in [3.05, 3.63) is 35.5 Å². The normalized spacial score (nSPS) is 13.1. The third-order valence-electron chi connectivity index (χ3n) is 4.56. The quantitative estimate of drug-likeness (QED) is 0.499. The average Bonchev–Trinajstić information content (AvgIpc) is 2.66. The Bertz CT molecular complexity index is 879. The van der Waals surface area contributed by atoms with Gasteiger partial charge in [0.1, 0.15) is 0 Å². The molecule has 29 heavy (non-hydrogen) atoms. The highest BCUT2D eigenvalue weighted by molar-refractivity contribution is 7.81. The van der Waals surface area contributed by atoms with Gasteiger partial charge in [-0.25, -0.2) is 8.37 Å². The Balaban J connectivity index is 1.78. The zero-order valence-electron chi connectivity index (χ0n) is 17.2. The molecule has 1 N–H and O–H groups in total. The van der Waals surface area contributed by atoms with Crippen molar-refractivity contribution < 1.29 is 16.8 Å². The minimum absolute atomic E-state index is 0.0739. The molecule has 0 saturated carbocycles. The van der Waals surface area contributed by atoms with Crippen molar-refractivity contribution in [1.82, 2.24) is 9.88 Å². The maximum Gasteiger partial charge on any atom is 0.399 e. The summed E-state index contributed by atoms with van der Waals surface area (Å²) in [7, 11) is -3.87. The van der Waals surface area contributed by atoms with E-state index in [1.165, 1.54) is 0 Å². The van der Waals surface area contributed by atoms with Gasteiger partial charge in [-0.05, 0) is 64.0 Å². The maximum atomic E-state index is 11.4. The largest absolute Gasteiger partial charge is 0.399 e. The van der Waals surface area contributed by atoms with Crippen LogP contribution < -0.4 is 5.32 Å². The van der Waals surface area contributed by atoms with Crippen LogP contribution in [0, 0.1) is 0 Å². The lowest BCUT2D eigenvalue weighted by Crippen LogP contribution is -2.30. The van der Waals surface area contributed by atoms with Gasteiger partial charge >= 0.3 is 10.4 Å². The monoisotopic (exact) mass is 443 g/mol. The summed E-state index contributed by atoms with van der Waals surface area (Å²) in [5, 5.41) is 5.27. The number of anilines is 1. The summed E-state index contributed by atoms with van der Waals surface area (Å²) in [6.45, 7) is 8.21. The Morgan fingerprint density at radius 1 is 1.21 bits per heavy atom. The molecular weight excluding hydrogens is 414 g/mol. The van der Waals surface area contributed by atoms with Gasteiger partial charge in [0.05, 0.1) is 18.7 Å².